The molecular weight excluding hydrogens is 330 g/mol. The van der Waals surface area contributed by atoms with E-state index in [-0.39, 0.29) is 46.3 Å². The van der Waals surface area contributed by atoms with Crippen molar-refractivity contribution in [2.24, 2.45) is 0 Å². The van der Waals surface area contributed by atoms with Gasteiger partial charge in [-0.05, 0) is 18.2 Å². The van der Waals surface area contributed by atoms with E-state index < -0.39 is 10.0 Å². The first-order chi connectivity index (χ1) is 11.4. The number of nitrogens with zero attached hydrogens (tertiary/aromatic N) is 1. The second kappa shape index (κ2) is 5.94. The minimum Gasteiger partial charge on any atom is -0.395 e. The van der Waals surface area contributed by atoms with Crippen LogP contribution < -0.4 is 0 Å². The fraction of sp³-hybridized carbons (Fsp3) is 0.176. The Balaban J connectivity index is 2.13. The van der Waals surface area contributed by atoms with Crippen LogP contribution >= 0.6 is 0 Å². The summed E-state index contributed by atoms with van der Waals surface area (Å²) in [5.74, 6) is -0.671. The van der Waals surface area contributed by atoms with Gasteiger partial charge in [0.25, 0.3) is 0 Å². The lowest BCUT2D eigenvalue weighted by atomic mass is 9.84. The molecule has 2 aromatic carbocycles. The molecule has 1 N–H and O–H groups in total. The highest BCUT2D eigenvalue weighted by atomic mass is 32.2. The molecule has 0 saturated heterocycles. The molecule has 0 amide bonds. The molecule has 0 saturated carbocycles. The number of hydrogen-bond acceptors (Lipinski definition) is 5. The molecule has 0 atom stereocenters. The summed E-state index contributed by atoms with van der Waals surface area (Å²) >= 11 is 0. The first kappa shape index (κ1) is 16.5. The summed E-state index contributed by atoms with van der Waals surface area (Å²) in [4.78, 5) is 25.0. The van der Waals surface area contributed by atoms with E-state index in [9.17, 15) is 18.0 Å². The smallest absolute Gasteiger partial charge is 0.242 e. The third kappa shape index (κ3) is 2.47. The molecule has 0 spiro atoms. The number of fused-ring (bicyclic) bond motifs is 2. The van der Waals surface area contributed by atoms with Gasteiger partial charge in [0.1, 0.15) is 0 Å². The third-order valence-corrected chi connectivity index (χ3v) is 5.87. The van der Waals surface area contributed by atoms with Crippen molar-refractivity contribution in [3.05, 3.63) is 64.7 Å². The fourth-order valence-electron chi connectivity index (χ4n) is 2.68. The lowest BCUT2D eigenvalue weighted by Gasteiger charge is -2.20. The van der Waals surface area contributed by atoms with Gasteiger partial charge in [-0.25, -0.2) is 8.42 Å². The molecule has 0 aliphatic heterocycles. The van der Waals surface area contributed by atoms with Gasteiger partial charge in [0.2, 0.25) is 10.0 Å². The Labute approximate surface area is 139 Å². The van der Waals surface area contributed by atoms with Crippen molar-refractivity contribution < 1.29 is 23.1 Å². The van der Waals surface area contributed by atoms with Crippen molar-refractivity contribution in [2.75, 3.05) is 20.2 Å². The van der Waals surface area contributed by atoms with Gasteiger partial charge >= 0.3 is 0 Å². The van der Waals surface area contributed by atoms with Gasteiger partial charge in [0.05, 0.1) is 11.5 Å². The molecule has 24 heavy (non-hydrogen) atoms. The lowest BCUT2D eigenvalue weighted by molar-refractivity contribution is 0.0979. The Bertz CT molecular complexity index is 949. The summed E-state index contributed by atoms with van der Waals surface area (Å²) in [7, 11) is -2.50. The Morgan fingerprint density at radius 3 is 2.04 bits per heavy atom. The summed E-state index contributed by atoms with van der Waals surface area (Å²) in [5.41, 5.74) is 0.871. The number of ketones is 2. The standard InChI is InChI=1S/C17H15NO5S/c1-18(8-9-19)24(22,23)11-6-7-14-15(10-11)17(21)13-5-3-2-4-12(13)16(14)20/h2-7,10,19H,8-9H2,1H3. The van der Waals surface area contributed by atoms with E-state index in [1.807, 2.05) is 0 Å². The summed E-state index contributed by atoms with van der Waals surface area (Å²) < 4.78 is 25.9. The molecule has 0 aromatic heterocycles. The van der Waals surface area contributed by atoms with Gasteiger partial charge in [-0.3, -0.25) is 9.59 Å². The first-order valence-corrected chi connectivity index (χ1v) is 8.71. The van der Waals surface area contributed by atoms with Gasteiger partial charge in [0, 0.05) is 35.8 Å². The number of likely N-dealkylation sites (N-methyl/N-ethyl adjacent to an activating group) is 1. The van der Waals surface area contributed by atoms with Crippen LogP contribution in [0.3, 0.4) is 0 Å². The second-order valence-electron chi connectivity index (χ2n) is 5.46. The summed E-state index contributed by atoms with van der Waals surface area (Å²) in [5, 5.41) is 8.92. The number of hydrogen-bond donors (Lipinski definition) is 1. The maximum atomic E-state index is 12.6. The molecule has 1 aliphatic rings. The van der Waals surface area contributed by atoms with Crippen LogP contribution in [0.1, 0.15) is 31.8 Å². The van der Waals surface area contributed by atoms with Crippen LogP contribution in [0, 0.1) is 0 Å². The Hall–Kier alpha value is -2.35. The topological polar surface area (TPSA) is 91.8 Å². The minimum atomic E-state index is -3.84. The fourth-order valence-corrected chi connectivity index (χ4v) is 3.87. The molecular formula is C17H15NO5S. The molecule has 0 fully saturated rings. The maximum Gasteiger partial charge on any atom is 0.242 e. The number of sulfonamides is 1. The highest BCUT2D eigenvalue weighted by molar-refractivity contribution is 7.89. The van der Waals surface area contributed by atoms with Gasteiger partial charge in [-0.2, -0.15) is 4.31 Å². The molecule has 7 heteroatoms. The number of aliphatic hydroxyl groups excluding tert-OH is 1. The zero-order valence-corrected chi connectivity index (χ0v) is 13.7. The Morgan fingerprint density at radius 1 is 0.917 bits per heavy atom. The molecule has 2 aromatic rings. The number of benzene rings is 2. The quantitative estimate of drug-likeness (QED) is 0.764. The van der Waals surface area contributed by atoms with E-state index >= 15 is 0 Å². The molecule has 0 radical (unpaired) electrons. The van der Waals surface area contributed by atoms with E-state index in [4.69, 9.17) is 5.11 Å². The summed E-state index contributed by atoms with van der Waals surface area (Å²) in [6.07, 6.45) is 0. The normalized spacial score (nSPS) is 13.8. The molecule has 0 unspecified atom stereocenters. The van der Waals surface area contributed by atoms with E-state index in [2.05, 4.69) is 0 Å². The van der Waals surface area contributed by atoms with Crippen LogP contribution in [0.15, 0.2) is 47.4 Å². The largest absolute Gasteiger partial charge is 0.395 e. The number of carbonyl (C=O) groups excluding carboxylic acids is 2. The second-order valence-corrected chi connectivity index (χ2v) is 7.51. The molecule has 1 aliphatic carbocycles. The van der Waals surface area contributed by atoms with Crippen LogP contribution in [0.4, 0.5) is 0 Å². The van der Waals surface area contributed by atoms with Crippen molar-refractivity contribution in [1.82, 2.24) is 4.31 Å². The molecule has 0 heterocycles. The van der Waals surface area contributed by atoms with Gasteiger partial charge < -0.3 is 5.11 Å². The van der Waals surface area contributed by atoms with Crippen molar-refractivity contribution >= 4 is 21.6 Å². The molecule has 3 rings (SSSR count). The van der Waals surface area contributed by atoms with E-state index in [1.165, 1.54) is 25.2 Å². The van der Waals surface area contributed by atoms with E-state index in [0.29, 0.717) is 5.56 Å². The average molecular weight is 345 g/mol. The van der Waals surface area contributed by atoms with Crippen LogP contribution in [-0.2, 0) is 10.0 Å². The minimum absolute atomic E-state index is 0.0604. The average Bonchev–Trinajstić information content (AvgIpc) is 2.59. The van der Waals surface area contributed by atoms with Gasteiger partial charge in [-0.1, -0.05) is 24.3 Å². The predicted molar refractivity (Wildman–Crippen MR) is 86.7 cm³/mol. The zero-order valence-electron chi connectivity index (χ0n) is 12.9. The predicted octanol–water partition coefficient (Wildman–Crippen LogP) is 1.07. The van der Waals surface area contributed by atoms with Crippen LogP contribution in [0.2, 0.25) is 0 Å². The molecule has 6 nitrogen and oxygen atoms in total. The highest BCUT2D eigenvalue weighted by Crippen LogP contribution is 2.29. The Morgan fingerprint density at radius 2 is 1.46 bits per heavy atom. The first-order valence-electron chi connectivity index (χ1n) is 7.27. The molecule has 0 bridgehead atoms. The summed E-state index contributed by atoms with van der Waals surface area (Å²) in [6.45, 7) is -0.374. The van der Waals surface area contributed by atoms with E-state index in [0.717, 1.165) is 4.31 Å². The van der Waals surface area contributed by atoms with Crippen molar-refractivity contribution in [3.63, 3.8) is 0 Å². The third-order valence-electron chi connectivity index (χ3n) is 4.02. The van der Waals surface area contributed by atoms with Crippen LogP contribution in [0.25, 0.3) is 0 Å². The van der Waals surface area contributed by atoms with Crippen molar-refractivity contribution in [3.8, 4) is 0 Å². The summed E-state index contributed by atoms with van der Waals surface area (Å²) in [6, 6.07) is 10.4. The van der Waals surface area contributed by atoms with Gasteiger partial charge in [-0.15, -0.1) is 0 Å². The lowest BCUT2D eigenvalue weighted by Crippen LogP contribution is -2.30. The SMILES string of the molecule is CN(CCO)S(=O)(=O)c1ccc2c(c1)C(=O)c1ccccc1C2=O. The zero-order chi connectivity index (χ0) is 17.5. The number of rotatable bonds is 4. The highest BCUT2D eigenvalue weighted by Gasteiger charge is 2.31. The van der Waals surface area contributed by atoms with E-state index in [1.54, 1.807) is 24.3 Å². The molecule has 124 valence electrons. The van der Waals surface area contributed by atoms with Crippen LogP contribution in [-0.4, -0.2) is 49.6 Å². The monoisotopic (exact) mass is 345 g/mol. The van der Waals surface area contributed by atoms with Crippen molar-refractivity contribution in [1.29, 1.82) is 0 Å². The van der Waals surface area contributed by atoms with Crippen LogP contribution in [0.5, 0.6) is 0 Å². The number of carbonyl (C=O) groups is 2. The Kier molecular flexibility index (Phi) is 4.08. The maximum absolute atomic E-state index is 12.6. The number of aliphatic hydroxyl groups is 1. The van der Waals surface area contributed by atoms with Gasteiger partial charge in [0.15, 0.2) is 11.6 Å². The van der Waals surface area contributed by atoms with Crippen molar-refractivity contribution in [2.45, 2.75) is 4.90 Å².